The van der Waals surface area contributed by atoms with Crippen LogP contribution < -0.4 is 9.47 Å². The molecule has 0 N–H and O–H groups in total. The summed E-state index contributed by atoms with van der Waals surface area (Å²) in [6, 6.07) is 15.8. The van der Waals surface area contributed by atoms with Gasteiger partial charge >= 0.3 is 6.61 Å². The maximum Gasteiger partial charge on any atom is 0.387 e. The topological polar surface area (TPSA) is 18.5 Å². The molecule has 3 aromatic carbocycles. The number of halogens is 4. The molecule has 1 fully saturated rings. The number of unbranched alkanes of at least 4 members (excludes halogenated alkanes) is 2. The van der Waals surface area contributed by atoms with Crippen LogP contribution in [0, 0.1) is 23.5 Å². The monoisotopic (exact) mass is 528 g/mol. The van der Waals surface area contributed by atoms with Crippen molar-refractivity contribution in [2.24, 2.45) is 11.8 Å². The average molecular weight is 529 g/mol. The van der Waals surface area contributed by atoms with Crippen LogP contribution in [-0.2, 0) is 6.42 Å². The highest BCUT2D eigenvalue weighted by Gasteiger charge is 2.25. The van der Waals surface area contributed by atoms with Crippen LogP contribution in [0.1, 0.15) is 70.3 Å². The van der Waals surface area contributed by atoms with Crippen molar-refractivity contribution >= 4 is 0 Å². The molecule has 0 unspecified atom stereocenters. The molecule has 2 nitrogen and oxygen atoms in total. The Bertz CT molecular complexity index is 1140. The summed E-state index contributed by atoms with van der Waals surface area (Å²) in [4.78, 5) is 0. The Morgan fingerprint density at radius 3 is 2.08 bits per heavy atom. The molecular weight excluding hydrogens is 492 g/mol. The van der Waals surface area contributed by atoms with Crippen molar-refractivity contribution in [3.8, 4) is 28.4 Å². The van der Waals surface area contributed by atoms with Gasteiger partial charge in [0.25, 0.3) is 0 Å². The van der Waals surface area contributed by atoms with Gasteiger partial charge in [-0.15, -0.1) is 0 Å². The van der Waals surface area contributed by atoms with Crippen LogP contribution in [0.3, 0.4) is 0 Å². The highest BCUT2D eigenvalue weighted by atomic mass is 19.3. The zero-order chi connectivity index (χ0) is 26.9. The Morgan fingerprint density at radius 2 is 1.45 bits per heavy atom. The van der Waals surface area contributed by atoms with Gasteiger partial charge < -0.3 is 9.47 Å². The highest BCUT2D eigenvalue weighted by Crippen LogP contribution is 2.40. The lowest BCUT2D eigenvalue weighted by Gasteiger charge is -2.28. The molecule has 0 amide bonds. The van der Waals surface area contributed by atoms with Gasteiger partial charge in [0.05, 0.1) is 0 Å². The normalized spacial score (nSPS) is 17.5. The van der Waals surface area contributed by atoms with E-state index >= 15 is 8.78 Å². The summed E-state index contributed by atoms with van der Waals surface area (Å²) >= 11 is 0. The molecule has 0 atom stereocenters. The third kappa shape index (κ3) is 7.52. The third-order valence-electron chi connectivity index (χ3n) is 7.61. The second kappa shape index (κ2) is 13.7. The molecule has 38 heavy (non-hydrogen) atoms. The summed E-state index contributed by atoms with van der Waals surface area (Å²) in [7, 11) is 0. The van der Waals surface area contributed by atoms with Crippen molar-refractivity contribution in [3.05, 3.63) is 77.9 Å². The Balaban J connectivity index is 1.51. The number of hydrogen-bond donors (Lipinski definition) is 0. The molecule has 0 radical (unpaired) electrons. The van der Waals surface area contributed by atoms with Gasteiger partial charge in [-0.1, -0.05) is 88.6 Å². The standard InChI is InChI=1S/C32H36F4O2/c1-2-3-5-8-22-11-13-23(14-12-22)15-20-27-29(33)21-28(24-9-6-4-7-10-24)31(30(27)34)37-25-16-18-26(19-17-25)38-32(35)36/h4,6-7,9-10,16-19,21-23,32H,2-3,5,8,11-15,20H2,1H3/t22-,23-. The molecule has 0 saturated heterocycles. The zero-order valence-corrected chi connectivity index (χ0v) is 21.9. The van der Waals surface area contributed by atoms with Gasteiger partial charge in [0, 0.05) is 11.1 Å². The van der Waals surface area contributed by atoms with Gasteiger partial charge in [-0.05, 0) is 60.6 Å². The quantitative estimate of drug-likeness (QED) is 0.172. The number of benzene rings is 3. The van der Waals surface area contributed by atoms with Crippen molar-refractivity contribution in [2.75, 3.05) is 0 Å². The molecule has 3 aromatic rings. The van der Waals surface area contributed by atoms with Crippen molar-refractivity contribution in [3.63, 3.8) is 0 Å². The van der Waals surface area contributed by atoms with Crippen LogP contribution in [0.15, 0.2) is 60.7 Å². The number of hydrogen-bond acceptors (Lipinski definition) is 2. The van der Waals surface area contributed by atoms with Crippen molar-refractivity contribution < 1.29 is 27.0 Å². The molecule has 0 aromatic heterocycles. The van der Waals surface area contributed by atoms with Crippen LogP contribution in [-0.4, -0.2) is 6.61 Å². The summed E-state index contributed by atoms with van der Waals surface area (Å²) in [5, 5.41) is 0. The molecule has 1 aliphatic rings. The van der Waals surface area contributed by atoms with Crippen LogP contribution in [0.2, 0.25) is 0 Å². The minimum absolute atomic E-state index is 0.0300. The Hall–Kier alpha value is -3.02. The van der Waals surface area contributed by atoms with E-state index in [-0.39, 0.29) is 22.8 Å². The first-order valence-corrected chi connectivity index (χ1v) is 13.7. The van der Waals surface area contributed by atoms with Gasteiger partial charge in [-0.2, -0.15) is 8.78 Å². The Morgan fingerprint density at radius 1 is 0.816 bits per heavy atom. The van der Waals surface area contributed by atoms with E-state index < -0.39 is 18.2 Å². The van der Waals surface area contributed by atoms with Gasteiger partial charge in [0.1, 0.15) is 17.3 Å². The summed E-state index contributed by atoms with van der Waals surface area (Å²) in [6.07, 6.45) is 10.8. The Kier molecular flexibility index (Phi) is 10.1. The maximum atomic E-state index is 15.9. The third-order valence-corrected chi connectivity index (χ3v) is 7.61. The number of ether oxygens (including phenoxy) is 2. The van der Waals surface area contributed by atoms with E-state index in [2.05, 4.69) is 11.7 Å². The second-order valence-electron chi connectivity index (χ2n) is 10.3. The van der Waals surface area contributed by atoms with E-state index in [1.54, 1.807) is 24.3 Å². The predicted molar refractivity (Wildman–Crippen MR) is 143 cm³/mol. The molecule has 1 saturated carbocycles. The minimum Gasteiger partial charge on any atom is -0.454 e. The predicted octanol–water partition coefficient (Wildman–Crippen LogP) is 10.3. The molecule has 0 bridgehead atoms. The van der Waals surface area contributed by atoms with E-state index in [0.717, 1.165) is 25.2 Å². The van der Waals surface area contributed by atoms with Crippen molar-refractivity contribution in [2.45, 2.75) is 77.7 Å². The lowest BCUT2D eigenvalue weighted by molar-refractivity contribution is -0.0498. The first-order chi connectivity index (χ1) is 18.4. The summed E-state index contributed by atoms with van der Waals surface area (Å²) in [6.45, 7) is -0.723. The highest BCUT2D eigenvalue weighted by molar-refractivity contribution is 5.72. The van der Waals surface area contributed by atoms with Crippen LogP contribution in [0.25, 0.3) is 11.1 Å². The van der Waals surface area contributed by atoms with Gasteiger partial charge in [0.2, 0.25) is 0 Å². The minimum atomic E-state index is -2.94. The van der Waals surface area contributed by atoms with Crippen LogP contribution >= 0.6 is 0 Å². The van der Waals surface area contributed by atoms with Crippen molar-refractivity contribution in [1.29, 1.82) is 0 Å². The van der Waals surface area contributed by atoms with Gasteiger partial charge in [-0.25, -0.2) is 8.78 Å². The van der Waals surface area contributed by atoms with E-state index in [1.165, 1.54) is 68.9 Å². The fourth-order valence-corrected chi connectivity index (χ4v) is 5.45. The van der Waals surface area contributed by atoms with E-state index in [4.69, 9.17) is 4.74 Å². The molecule has 0 heterocycles. The van der Waals surface area contributed by atoms with E-state index in [1.807, 2.05) is 6.07 Å². The first kappa shape index (κ1) is 28.0. The van der Waals surface area contributed by atoms with E-state index in [9.17, 15) is 8.78 Å². The fraction of sp³-hybridized carbons (Fsp3) is 0.438. The van der Waals surface area contributed by atoms with Crippen molar-refractivity contribution in [1.82, 2.24) is 0 Å². The molecule has 204 valence electrons. The first-order valence-electron chi connectivity index (χ1n) is 13.7. The molecule has 4 rings (SSSR count). The van der Waals surface area contributed by atoms with Crippen LogP contribution in [0.4, 0.5) is 17.6 Å². The smallest absolute Gasteiger partial charge is 0.387 e. The van der Waals surface area contributed by atoms with Gasteiger partial charge in [0.15, 0.2) is 11.6 Å². The largest absolute Gasteiger partial charge is 0.454 e. The number of alkyl halides is 2. The summed E-state index contributed by atoms with van der Waals surface area (Å²) in [5.74, 6) is 0.0886. The van der Waals surface area contributed by atoms with Crippen LogP contribution in [0.5, 0.6) is 17.2 Å². The molecular formula is C32H36F4O2. The second-order valence-corrected chi connectivity index (χ2v) is 10.3. The Labute approximate surface area is 223 Å². The SMILES string of the molecule is CCCCC[C@H]1CC[C@H](CCc2c(F)cc(-c3ccccc3)c(Oc3ccc(OC(F)F)cc3)c2F)CC1. The lowest BCUT2D eigenvalue weighted by atomic mass is 9.77. The zero-order valence-electron chi connectivity index (χ0n) is 21.9. The molecule has 0 aliphatic heterocycles. The van der Waals surface area contributed by atoms with E-state index in [0.29, 0.717) is 23.5 Å². The molecule has 6 heteroatoms. The average Bonchev–Trinajstić information content (AvgIpc) is 2.92. The summed E-state index contributed by atoms with van der Waals surface area (Å²) in [5.41, 5.74) is 0.943. The number of rotatable bonds is 12. The summed E-state index contributed by atoms with van der Waals surface area (Å²) < 4.78 is 66.5. The lowest BCUT2D eigenvalue weighted by Crippen LogP contribution is -2.15. The molecule has 0 spiro atoms. The maximum absolute atomic E-state index is 15.9. The van der Waals surface area contributed by atoms with Gasteiger partial charge in [-0.3, -0.25) is 0 Å². The fourth-order valence-electron chi connectivity index (χ4n) is 5.45. The molecule has 1 aliphatic carbocycles.